The molecule has 2 aromatic carbocycles. The summed E-state index contributed by atoms with van der Waals surface area (Å²) in [6, 6.07) is 13.2. The van der Waals surface area contributed by atoms with E-state index in [0.717, 1.165) is 0 Å². The second kappa shape index (κ2) is 5.31. The molecule has 0 saturated heterocycles. The van der Waals surface area contributed by atoms with Crippen LogP contribution in [0.4, 0.5) is 0 Å². The molecule has 0 spiro atoms. The fraction of sp³-hybridized carbons (Fsp3) is 0.0769. The van der Waals surface area contributed by atoms with Crippen molar-refractivity contribution in [3.8, 4) is 0 Å². The van der Waals surface area contributed by atoms with E-state index in [0.29, 0.717) is 10.6 Å². The summed E-state index contributed by atoms with van der Waals surface area (Å²) in [5, 5.41) is 0.751. The summed E-state index contributed by atoms with van der Waals surface area (Å²) in [6.45, 7) is 0. The lowest BCUT2D eigenvalue weighted by Crippen LogP contribution is -2.05. The summed E-state index contributed by atoms with van der Waals surface area (Å²) in [5.41, 5.74) is 0.641. The minimum Gasteiger partial charge on any atom is -0.223 e. The van der Waals surface area contributed by atoms with Crippen LogP contribution in [0.2, 0.25) is 10.0 Å². The molecule has 0 saturated carbocycles. The van der Waals surface area contributed by atoms with Crippen molar-refractivity contribution in [3.63, 3.8) is 0 Å². The van der Waals surface area contributed by atoms with E-state index in [-0.39, 0.29) is 15.7 Å². The fourth-order valence-corrected chi connectivity index (χ4v) is 3.75. The SMILES string of the molecule is O=S(=O)(Cc1cccc(Cl)c1)c1ccccc1Cl. The molecule has 0 atom stereocenters. The largest absolute Gasteiger partial charge is 0.223 e. The fourth-order valence-electron chi connectivity index (χ4n) is 1.62. The van der Waals surface area contributed by atoms with Gasteiger partial charge in [-0.1, -0.05) is 47.5 Å². The highest BCUT2D eigenvalue weighted by Crippen LogP contribution is 2.24. The zero-order valence-electron chi connectivity index (χ0n) is 9.31. The number of rotatable bonds is 3. The van der Waals surface area contributed by atoms with Crippen LogP contribution in [0, 0.1) is 0 Å². The van der Waals surface area contributed by atoms with Crippen LogP contribution >= 0.6 is 23.2 Å². The molecule has 2 rings (SSSR count). The summed E-state index contributed by atoms with van der Waals surface area (Å²) in [7, 11) is -3.45. The van der Waals surface area contributed by atoms with Crippen molar-refractivity contribution >= 4 is 33.0 Å². The average Bonchev–Trinajstić information content (AvgIpc) is 2.28. The predicted molar refractivity (Wildman–Crippen MR) is 73.8 cm³/mol. The van der Waals surface area contributed by atoms with E-state index < -0.39 is 9.84 Å². The maximum Gasteiger partial charge on any atom is 0.183 e. The molecule has 18 heavy (non-hydrogen) atoms. The van der Waals surface area contributed by atoms with Crippen molar-refractivity contribution < 1.29 is 8.42 Å². The van der Waals surface area contributed by atoms with Crippen LogP contribution in [0.25, 0.3) is 0 Å². The van der Waals surface area contributed by atoms with Gasteiger partial charge in [-0.2, -0.15) is 0 Å². The van der Waals surface area contributed by atoms with Crippen molar-refractivity contribution in [3.05, 3.63) is 64.1 Å². The lowest BCUT2D eigenvalue weighted by atomic mass is 10.2. The molecule has 0 radical (unpaired) electrons. The third-order valence-electron chi connectivity index (χ3n) is 2.42. The van der Waals surface area contributed by atoms with E-state index >= 15 is 0 Å². The molecule has 5 heteroatoms. The Bertz CT molecular complexity index is 666. The van der Waals surface area contributed by atoms with Gasteiger partial charge in [0.05, 0.1) is 15.7 Å². The Kier molecular flexibility index (Phi) is 3.95. The normalized spacial score (nSPS) is 11.4. The molecule has 0 aliphatic carbocycles. The minimum absolute atomic E-state index is 0.114. The van der Waals surface area contributed by atoms with E-state index in [1.54, 1.807) is 42.5 Å². The van der Waals surface area contributed by atoms with Crippen LogP contribution in [-0.4, -0.2) is 8.42 Å². The lowest BCUT2D eigenvalue weighted by molar-refractivity contribution is 0.595. The Morgan fingerprint density at radius 2 is 1.67 bits per heavy atom. The van der Waals surface area contributed by atoms with Gasteiger partial charge in [0.2, 0.25) is 0 Å². The number of hydrogen-bond donors (Lipinski definition) is 0. The first-order valence-corrected chi connectivity index (χ1v) is 7.61. The monoisotopic (exact) mass is 300 g/mol. The average molecular weight is 301 g/mol. The second-order valence-electron chi connectivity index (χ2n) is 3.82. The highest BCUT2D eigenvalue weighted by atomic mass is 35.5. The van der Waals surface area contributed by atoms with Crippen molar-refractivity contribution in [2.75, 3.05) is 0 Å². The smallest absolute Gasteiger partial charge is 0.183 e. The summed E-state index contributed by atoms with van der Waals surface area (Å²) in [5.74, 6) is -0.114. The molecule has 0 amide bonds. The van der Waals surface area contributed by atoms with Crippen LogP contribution < -0.4 is 0 Å². The molecule has 0 unspecified atom stereocenters. The highest BCUT2D eigenvalue weighted by Gasteiger charge is 2.18. The van der Waals surface area contributed by atoms with E-state index in [9.17, 15) is 8.42 Å². The molecule has 2 nitrogen and oxygen atoms in total. The van der Waals surface area contributed by atoms with Crippen molar-refractivity contribution in [1.82, 2.24) is 0 Å². The third-order valence-corrected chi connectivity index (χ3v) is 4.83. The van der Waals surface area contributed by atoms with Gasteiger partial charge in [-0.15, -0.1) is 0 Å². The Balaban J connectivity index is 2.37. The molecule has 0 bridgehead atoms. The first-order valence-electron chi connectivity index (χ1n) is 5.21. The molecule has 0 aliphatic heterocycles. The Morgan fingerprint density at radius 3 is 2.33 bits per heavy atom. The van der Waals surface area contributed by atoms with Gasteiger partial charge in [-0.05, 0) is 29.8 Å². The van der Waals surface area contributed by atoms with Gasteiger partial charge in [0.15, 0.2) is 9.84 Å². The molecule has 0 aromatic heterocycles. The summed E-state index contributed by atoms with van der Waals surface area (Å²) >= 11 is 11.7. The molecule has 0 aliphatic rings. The zero-order valence-corrected chi connectivity index (χ0v) is 11.6. The van der Waals surface area contributed by atoms with Gasteiger partial charge in [-0.3, -0.25) is 0 Å². The number of hydrogen-bond acceptors (Lipinski definition) is 2. The van der Waals surface area contributed by atoms with Crippen molar-refractivity contribution in [1.29, 1.82) is 0 Å². The molecule has 0 N–H and O–H groups in total. The first kappa shape index (κ1) is 13.4. The van der Waals surface area contributed by atoms with Gasteiger partial charge in [0.25, 0.3) is 0 Å². The molecular weight excluding hydrogens is 291 g/mol. The number of sulfone groups is 1. The second-order valence-corrected chi connectivity index (χ2v) is 6.62. The van der Waals surface area contributed by atoms with Crippen molar-refractivity contribution in [2.45, 2.75) is 10.6 Å². The molecule has 0 fully saturated rings. The molecular formula is C13H10Cl2O2S. The van der Waals surface area contributed by atoms with Gasteiger partial charge in [0.1, 0.15) is 0 Å². The van der Waals surface area contributed by atoms with Crippen LogP contribution in [-0.2, 0) is 15.6 Å². The topological polar surface area (TPSA) is 34.1 Å². The Hall–Kier alpha value is -1.03. The van der Waals surface area contributed by atoms with Crippen LogP contribution in [0.15, 0.2) is 53.4 Å². The minimum atomic E-state index is -3.45. The Labute approximate surface area is 116 Å². The van der Waals surface area contributed by atoms with Crippen molar-refractivity contribution in [2.24, 2.45) is 0 Å². The van der Waals surface area contributed by atoms with E-state index in [2.05, 4.69) is 0 Å². The maximum absolute atomic E-state index is 12.2. The molecule has 0 heterocycles. The van der Waals surface area contributed by atoms with Crippen LogP contribution in [0.3, 0.4) is 0 Å². The summed E-state index contributed by atoms with van der Waals surface area (Å²) < 4.78 is 24.4. The van der Waals surface area contributed by atoms with E-state index in [1.165, 1.54) is 6.07 Å². The van der Waals surface area contributed by atoms with E-state index in [4.69, 9.17) is 23.2 Å². The standard InChI is InChI=1S/C13H10Cl2O2S/c14-11-5-3-4-10(8-11)9-18(16,17)13-7-2-1-6-12(13)15/h1-8H,9H2. The van der Waals surface area contributed by atoms with E-state index in [1.807, 2.05) is 0 Å². The van der Waals surface area contributed by atoms with Gasteiger partial charge >= 0.3 is 0 Å². The summed E-state index contributed by atoms with van der Waals surface area (Å²) in [4.78, 5) is 0.145. The molecule has 2 aromatic rings. The number of halogens is 2. The predicted octanol–water partition coefficient (Wildman–Crippen LogP) is 3.97. The first-order chi connectivity index (χ1) is 8.49. The van der Waals surface area contributed by atoms with Gasteiger partial charge in [0, 0.05) is 5.02 Å². The maximum atomic E-state index is 12.2. The zero-order chi connectivity index (χ0) is 13.2. The number of benzene rings is 2. The highest BCUT2D eigenvalue weighted by molar-refractivity contribution is 7.90. The third kappa shape index (κ3) is 3.05. The molecule has 94 valence electrons. The van der Waals surface area contributed by atoms with Gasteiger partial charge in [-0.25, -0.2) is 8.42 Å². The van der Waals surface area contributed by atoms with Crippen LogP contribution in [0.5, 0.6) is 0 Å². The summed E-state index contributed by atoms with van der Waals surface area (Å²) in [6.07, 6.45) is 0. The van der Waals surface area contributed by atoms with Crippen LogP contribution in [0.1, 0.15) is 5.56 Å². The Morgan fingerprint density at radius 1 is 0.944 bits per heavy atom. The lowest BCUT2D eigenvalue weighted by Gasteiger charge is -2.06. The quantitative estimate of drug-likeness (QED) is 0.859. The van der Waals surface area contributed by atoms with Gasteiger partial charge < -0.3 is 0 Å².